The number of unbranched alkanes of at least 4 members (excludes halogenated alkanes) is 21. The van der Waals surface area contributed by atoms with E-state index in [1.807, 2.05) is 0 Å². The number of carboxylic acids is 1. The van der Waals surface area contributed by atoms with Gasteiger partial charge in [0, 0.05) is 19.3 Å². The molecule has 0 saturated heterocycles. The number of nitrogens with zero attached hydrogens (tertiary/aromatic N) is 1. The number of rotatable bonds is 46. The fourth-order valence-electron chi connectivity index (χ4n) is 7.33. The molecule has 0 aliphatic heterocycles. The van der Waals surface area contributed by atoms with Gasteiger partial charge in [0.1, 0.15) is 12.6 Å². The van der Waals surface area contributed by atoms with Crippen molar-refractivity contribution >= 4 is 17.9 Å². The summed E-state index contributed by atoms with van der Waals surface area (Å²) in [7, 11) is 5.40. The molecule has 0 aromatic rings. The third-order valence-corrected chi connectivity index (χ3v) is 11.4. The monoisotopic (exact) mass is 908 g/mol. The number of ether oxygens (including phenoxy) is 3. The molecule has 0 aromatic carbocycles. The molecule has 0 saturated carbocycles. The number of likely N-dealkylation sites (N-methyl/N-ethyl adjacent to an activating group) is 1. The van der Waals surface area contributed by atoms with Crippen molar-refractivity contribution in [1.29, 1.82) is 0 Å². The molecule has 2 unspecified atom stereocenters. The van der Waals surface area contributed by atoms with Gasteiger partial charge in [-0.3, -0.25) is 9.59 Å². The zero-order chi connectivity index (χ0) is 47.7. The van der Waals surface area contributed by atoms with Crippen molar-refractivity contribution in [2.24, 2.45) is 0 Å². The minimum absolute atomic E-state index is 0.0289. The van der Waals surface area contributed by atoms with E-state index in [1.54, 1.807) is 21.1 Å². The van der Waals surface area contributed by atoms with E-state index in [4.69, 9.17) is 14.2 Å². The minimum Gasteiger partial charge on any atom is -0.544 e. The van der Waals surface area contributed by atoms with Gasteiger partial charge in [0.05, 0.1) is 40.3 Å². The summed E-state index contributed by atoms with van der Waals surface area (Å²) in [4.78, 5) is 37.1. The number of hydrogen-bond donors (Lipinski definition) is 0. The smallest absolute Gasteiger partial charge is 0.306 e. The van der Waals surface area contributed by atoms with Gasteiger partial charge in [0.15, 0.2) is 6.10 Å². The van der Waals surface area contributed by atoms with Crippen LogP contribution in [0.3, 0.4) is 0 Å². The van der Waals surface area contributed by atoms with Crippen LogP contribution in [0.2, 0.25) is 0 Å². The molecule has 8 heteroatoms. The third-order valence-electron chi connectivity index (χ3n) is 11.4. The molecule has 65 heavy (non-hydrogen) atoms. The molecule has 0 rings (SSSR count). The summed E-state index contributed by atoms with van der Waals surface area (Å²) in [6.07, 6.45) is 61.8. The summed E-state index contributed by atoms with van der Waals surface area (Å²) in [5.41, 5.74) is 0. The predicted octanol–water partition coefficient (Wildman–Crippen LogP) is 13.9. The van der Waals surface area contributed by atoms with Gasteiger partial charge >= 0.3 is 11.9 Å². The maximum atomic E-state index is 12.8. The molecule has 0 radical (unpaired) electrons. The lowest BCUT2D eigenvalue weighted by Crippen LogP contribution is -2.55. The standard InChI is InChI=1S/C57H97NO7/c1-6-8-10-12-14-16-18-20-22-24-26-27-28-29-30-32-34-36-38-40-42-44-46-48-56(60)65-53(51-63-50-49-54(57(61)62)58(3,4)5)52-64-55(59)47-45-43-41-39-37-35-33-31-25-23-21-19-17-15-13-11-9-7-2/h8,10,14-17,19-23,25,31,33,53-54H,6-7,9,11-13,18,24,26-30,32,34-52H2,1-5H3/b10-8+,16-14+,17-15+,21-19+,22-20+,25-23+,33-31+. The molecular weight excluding hydrogens is 811 g/mol. The van der Waals surface area contributed by atoms with Crippen LogP contribution in [0, 0.1) is 0 Å². The van der Waals surface area contributed by atoms with Crippen molar-refractivity contribution < 1.29 is 38.2 Å². The highest BCUT2D eigenvalue weighted by molar-refractivity contribution is 5.70. The summed E-state index contributed by atoms with van der Waals surface area (Å²) in [5.74, 6) is -1.77. The van der Waals surface area contributed by atoms with Crippen LogP contribution in [0.1, 0.15) is 206 Å². The van der Waals surface area contributed by atoms with Crippen molar-refractivity contribution in [2.45, 2.75) is 219 Å². The van der Waals surface area contributed by atoms with Gasteiger partial charge in [-0.25, -0.2) is 0 Å². The maximum absolute atomic E-state index is 12.8. The largest absolute Gasteiger partial charge is 0.544 e. The zero-order valence-corrected chi connectivity index (χ0v) is 42.4. The van der Waals surface area contributed by atoms with Crippen LogP contribution in [-0.4, -0.2) is 75.5 Å². The summed E-state index contributed by atoms with van der Waals surface area (Å²) < 4.78 is 17.2. The van der Waals surface area contributed by atoms with Gasteiger partial charge in [-0.15, -0.1) is 0 Å². The van der Waals surface area contributed by atoms with Crippen LogP contribution in [0.15, 0.2) is 85.1 Å². The molecule has 0 amide bonds. The summed E-state index contributed by atoms with van der Waals surface area (Å²) >= 11 is 0. The SMILES string of the molecule is CC/C=C/C/C=C/C/C=C/CCCCCCCCCCCCCCCC(=O)OC(COCCC(C(=O)[O-])[N+](C)(C)C)COC(=O)CCCCCCC/C=C/C=C/C=C/C=C/CCCCC. The van der Waals surface area contributed by atoms with Gasteiger partial charge in [0.2, 0.25) is 0 Å². The minimum atomic E-state index is -1.13. The second-order valence-corrected chi connectivity index (χ2v) is 18.5. The molecule has 0 fully saturated rings. The molecule has 2 atom stereocenters. The van der Waals surface area contributed by atoms with Crippen molar-refractivity contribution in [2.75, 3.05) is 41.0 Å². The Morgan fingerprint density at radius 1 is 0.492 bits per heavy atom. The first-order chi connectivity index (χ1) is 31.6. The Bertz CT molecular complexity index is 1330. The molecule has 0 aliphatic carbocycles. The van der Waals surface area contributed by atoms with E-state index in [-0.39, 0.29) is 42.7 Å². The third kappa shape index (κ3) is 45.5. The molecular formula is C57H97NO7. The van der Waals surface area contributed by atoms with Crippen LogP contribution in [0.25, 0.3) is 0 Å². The normalized spacial score (nSPS) is 13.6. The number of carboxylic acid groups (broad SMARTS) is 1. The van der Waals surface area contributed by atoms with Crippen LogP contribution in [0.4, 0.5) is 0 Å². The molecule has 0 bridgehead atoms. The topological polar surface area (TPSA) is 102 Å². The zero-order valence-electron chi connectivity index (χ0n) is 42.4. The second-order valence-electron chi connectivity index (χ2n) is 18.5. The van der Waals surface area contributed by atoms with E-state index >= 15 is 0 Å². The number of aliphatic carboxylic acids is 1. The molecule has 8 nitrogen and oxygen atoms in total. The lowest BCUT2D eigenvalue weighted by atomic mass is 10.0. The Morgan fingerprint density at radius 2 is 0.923 bits per heavy atom. The van der Waals surface area contributed by atoms with Crippen molar-refractivity contribution in [1.82, 2.24) is 0 Å². The molecule has 372 valence electrons. The Kier molecular flexibility index (Phi) is 44.5. The Morgan fingerprint density at radius 3 is 1.42 bits per heavy atom. The van der Waals surface area contributed by atoms with Crippen molar-refractivity contribution in [3.8, 4) is 0 Å². The quantitative estimate of drug-likeness (QED) is 0.0197. The van der Waals surface area contributed by atoms with Gasteiger partial charge in [-0.1, -0.05) is 202 Å². The molecule has 0 aliphatic rings. The summed E-state index contributed by atoms with van der Waals surface area (Å²) in [6, 6.07) is -0.734. The van der Waals surface area contributed by atoms with Crippen LogP contribution in [0.5, 0.6) is 0 Å². The molecule has 0 N–H and O–H groups in total. The van der Waals surface area contributed by atoms with Gasteiger partial charge in [-0.05, 0) is 70.6 Å². The van der Waals surface area contributed by atoms with E-state index in [1.165, 1.54) is 89.9 Å². The van der Waals surface area contributed by atoms with E-state index in [9.17, 15) is 19.5 Å². The van der Waals surface area contributed by atoms with E-state index in [0.717, 1.165) is 83.5 Å². The first kappa shape index (κ1) is 61.5. The van der Waals surface area contributed by atoms with Gasteiger partial charge in [0.25, 0.3) is 0 Å². The highest BCUT2D eigenvalue weighted by Crippen LogP contribution is 2.15. The number of esters is 2. The first-order valence-corrected chi connectivity index (χ1v) is 26.2. The first-order valence-electron chi connectivity index (χ1n) is 26.2. The van der Waals surface area contributed by atoms with Crippen molar-refractivity contribution in [3.63, 3.8) is 0 Å². The number of quaternary nitrogens is 1. The highest BCUT2D eigenvalue weighted by Gasteiger charge is 2.25. The lowest BCUT2D eigenvalue weighted by molar-refractivity contribution is -0.889. The second kappa shape index (κ2) is 47.0. The van der Waals surface area contributed by atoms with Crippen LogP contribution < -0.4 is 5.11 Å². The average Bonchev–Trinajstić information content (AvgIpc) is 3.27. The molecule has 0 spiro atoms. The van der Waals surface area contributed by atoms with Crippen LogP contribution in [-0.2, 0) is 28.6 Å². The summed E-state index contributed by atoms with van der Waals surface area (Å²) in [6.45, 7) is 4.50. The van der Waals surface area contributed by atoms with Crippen molar-refractivity contribution in [3.05, 3.63) is 85.1 Å². The average molecular weight is 908 g/mol. The summed E-state index contributed by atoms with van der Waals surface area (Å²) in [5, 5.41) is 11.7. The fourth-order valence-corrected chi connectivity index (χ4v) is 7.33. The number of carbonyl (C=O) groups excluding carboxylic acids is 3. The predicted molar refractivity (Wildman–Crippen MR) is 272 cm³/mol. The van der Waals surface area contributed by atoms with E-state index in [0.29, 0.717) is 12.8 Å². The van der Waals surface area contributed by atoms with Crippen LogP contribution >= 0.6 is 0 Å². The number of hydrogen-bond acceptors (Lipinski definition) is 7. The molecule has 0 heterocycles. The van der Waals surface area contributed by atoms with E-state index in [2.05, 4.69) is 98.9 Å². The number of allylic oxidation sites excluding steroid dienone is 14. The van der Waals surface area contributed by atoms with Gasteiger partial charge in [-0.2, -0.15) is 0 Å². The van der Waals surface area contributed by atoms with E-state index < -0.39 is 18.1 Å². The maximum Gasteiger partial charge on any atom is 0.306 e. The fraction of sp³-hybridized carbons (Fsp3) is 0.702. The van der Waals surface area contributed by atoms with Gasteiger partial charge < -0.3 is 28.6 Å². The Labute approximate surface area is 399 Å². The molecule has 0 aromatic heterocycles. The Hall–Kier alpha value is -3.49. The highest BCUT2D eigenvalue weighted by atomic mass is 16.6. The Balaban J connectivity index is 4.27. The number of carbonyl (C=O) groups is 3. The lowest BCUT2D eigenvalue weighted by Gasteiger charge is -2.34.